The van der Waals surface area contributed by atoms with E-state index in [-0.39, 0.29) is 24.1 Å². The lowest BCUT2D eigenvalue weighted by Crippen LogP contribution is -2.30. The van der Waals surface area contributed by atoms with Crippen molar-refractivity contribution in [3.63, 3.8) is 0 Å². The average molecular weight is 383 g/mol. The molecule has 28 heavy (non-hydrogen) atoms. The van der Waals surface area contributed by atoms with Crippen molar-refractivity contribution in [3.8, 4) is 0 Å². The van der Waals surface area contributed by atoms with Crippen molar-refractivity contribution in [2.45, 2.75) is 58.6 Å². The molecule has 0 saturated carbocycles. The molecule has 1 N–H and O–H groups in total. The normalized spacial score (nSPS) is 13.5. The third-order valence-electron chi connectivity index (χ3n) is 4.56. The summed E-state index contributed by atoms with van der Waals surface area (Å²) in [6.07, 6.45) is 4.77. The van der Waals surface area contributed by atoms with Crippen LogP contribution in [0.2, 0.25) is 0 Å². The number of anilines is 1. The average Bonchev–Trinajstić information content (AvgIpc) is 2.87. The van der Waals surface area contributed by atoms with Gasteiger partial charge in [0.2, 0.25) is 5.91 Å². The molecule has 1 aromatic heterocycles. The van der Waals surface area contributed by atoms with Crippen LogP contribution < -0.4 is 10.9 Å². The molecule has 1 aliphatic rings. The molecule has 0 aliphatic heterocycles. The predicted molar refractivity (Wildman–Crippen MR) is 105 cm³/mol. The lowest BCUT2D eigenvalue weighted by atomic mass is 10.1. The molecule has 0 saturated heterocycles. The predicted octanol–water partition coefficient (Wildman–Crippen LogP) is 2.72. The van der Waals surface area contributed by atoms with Gasteiger partial charge in [0, 0.05) is 11.8 Å². The van der Waals surface area contributed by atoms with Gasteiger partial charge in [0.05, 0.1) is 17.4 Å². The van der Waals surface area contributed by atoms with Crippen LogP contribution in [0.15, 0.2) is 35.1 Å². The number of rotatable bonds is 5. The van der Waals surface area contributed by atoms with Crippen molar-refractivity contribution >= 4 is 17.6 Å². The number of benzene rings is 1. The van der Waals surface area contributed by atoms with Gasteiger partial charge in [0.15, 0.2) is 0 Å². The van der Waals surface area contributed by atoms with Gasteiger partial charge in [-0.25, -0.2) is 9.48 Å². The van der Waals surface area contributed by atoms with Gasteiger partial charge in [-0.05, 0) is 69.4 Å². The summed E-state index contributed by atoms with van der Waals surface area (Å²) < 4.78 is 6.35. The van der Waals surface area contributed by atoms with Crippen LogP contribution in [0.4, 0.5) is 5.69 Å². The SMILES string of the molecule is CC(C)OC(=O)c1ccc(NC(=O)Cn2nc3c(cc2=O)CCCCC3)cc1. The second kappa shape index (κ2) is 8.82. The van der Waals surface area contributed by atoms with E-state index in [0.29, 0.717) is 11.3 Å². The minimum atomic E-state index is -0.409. The summed E-state index contributed by atoms with van der Waals surface area (Å²) in [6.45, 7) is 3.42. The molecule has 3 rings (SSSR count). The zero-order valence-electron chi connectivity index (χ0n) is 16.2. The molecule has 148 valence electrons. The van der Waals surface area contributed by atoms with Crippen molar-refractivity contribution in [2.24, 2.45) is 0 Å². The van der Waals surface area contributed by atoms with E-state index in [0.717, 1.165) is 43.4 Å². The third-order valence-corrected chi connectivity index (χ3v) is 4.56. The number of carbonyl (C=O) groups excluding carboxylic acids is 2. The van der Waals surface area contributed by atoms with Crippen molar-refractivity contribution in [3.05, 3.63) is 57.5 Å². The van der Waals surface area contributed by atoms with Gasteiger partial charge in [-0.3, -0.25) is 9.59 Å². The number of hydrogen-bond acceptors (Lipinski definition) is 5. The minimum absolute atomic E-state index is 0.150. The molecule has 0 atom stereocenters. The van der Waals surface area contributed by atoms with Crippen LogP contribution in [0.1, 0.15) is 54.7 Å². The highest BCUT2D eigenvalue weighted by Gasteiger charge is 2.14. The topological polar surface area (TPSA) is 90.3 Å². The summed E-state index contributed by atoms with van der Waals surface area (Å²) in [4.78, 5) is 36.5. The Morgan fingerprint density at radius 2 is 1.86 bits per heavy atom. The standard InChI is InChI=1S/C21H25N3O4/c1-14(2)28-21(27)15-8-10-17(11-9-15)22-19(25)13-24-20(26)12-16-6-4-3-5-7-18(16)23-24/h8-12,14H,3-7,13H2,1-2H3,(H,22,25). The Labute approximate surface area is 163 Å². The molecule has 7 heteroatoms. The van der Waals surface area contributed by atoms with Gasteiger partial charge in [-0.15, -0.1) is 0 Å². The number of amides is 1. The lowest BCUT2D eigenvalue weighted by molar-refractivity contribution is -0.117. The fraction of sp³-hybridized carbons (Fsp3) is 0.429. The Morgan fingerprint density at radius 3 is 2.57 bits per heavy atom. The highest BCUT2D eigenvalue weighted by atomic mass is 16.5. The van der Waals surface area contributed by atoms with Gasteiger partial charge in [-0.2, -0.15) is 5.10 Å². The molecule has 2 aromatic rings. The molecule has 7 nitrogen and oxygen atoms in total. The van der Waals surface area contributed by atoms with Crippen LogP contribution in [-0.4, -0.2) is 27.8 Å². The highest BCUT2D eigenvalue weighted by molar-refractivity contribution is 5.93. The number of fused-ring (bicyclic) bond motifs is 1. The Kier molecular flexibility index (Phi) is 6.23. The summed E-state index contributed by atoms with van der Waals surface area (Å²) in [5.74, 6) is -0.755. The molecule has 0 bridgehead atoms. The van der Waals surface area contributed by atoms with Crippen LogP contribution in [0.3, 0.4) is 0 Å². The Balaban J connectivity index is 1.65. The van der Waals surface area contributed by atoms with E-state index in [9.17, 15) is 14.4 Å². The van der Waals surface area contributed by atoms with E-state index >= 15 is 0 Å². The molecule has 1 heterocycles. The lowest BCUT2D eigenvalue weighted by Gasteiger charge is -2.11. The van der Waals surface area contributed by atoms with Crippen LogP contribution in [0, 0.1) is 0 Å². The van der Waals surface area contributed by atoms with E-state index in [4.69, 9.17) is 4.74 Å². The number of nitrogens with one attached hydrogen (secondary N) is 1. The maximum atomic E-state index is 12.3. The summed E-state index contributed by atoms with van der Waals surface area (Å²) in [6, 6.07) is 8.04. The van der Waals surface area contributed by atoms with Crippen LogP contribution in [-0.2, 0) is 28.9 Å². The van der Waals surface area contributed by atoms with Gasteiger partial charge in [0.25, 0.3) is 5.56 Å². The molecule has 0 fully saturated rings. The van der Waals surface area contributed by atoms with Crippen molar-refractivity contribution in [1.29, 1.82) is 0 Å². The summed E-state index contributed by atoms with van der Waals surface area (Å²) in [5, 5.41) is 7.13. The van der Waals surface area contributed by atoms with E-state index in [2.05, 4.69) is 10.4 Å². The number of aromatic nitrogens is 2. The number of nitrogens with zero attached hydrogens (tertiary/aromatic N) is 2. The number of aryl methyl sites for hydroxylation is 2. The quantitative estimate of drug-likeness (QED) is 0.633. The van der Waals surface area contributed by atoms with E-state index in [1.165, 1.54) is 4.68 Å². The first-order valence-corrected chi connectivity index (χ1v) is 9.63. The largest absolute Gasteiger partial charge is 0.459 e. The molecule has 1 aromatic carbocycles. The zero-order valence-corrected chi connectivity index (χ0v) is 16.2. The second-order valence-electron chi connectivity index (χ2n) is 7.25. The zero-order chi connectivity index (χ0) is 20.1. The van der Waals surface area contributed by atoms with E-state index < -0.39 is 5.97 Å². The first-order valence-electron chi connectivity index (χ1n) is 9.63. The number of esters is 1. The first kappa shape index (κ1) is 19.8. The highest BCUT2D eigenvalue weighted by Crippen LogP contribution is 2.17. The van der Waals surface area contributed by atoms with Gasteiger partial charge in [0.1, 0.15) is 6.54 Å². The van der Waals surface area contributed by atoms with Gasteiger partial charge < -0.3 is 10.1 Å². The van der Waals surface area contributed by atoms with E-state index in [1.54, 1.807) is 44.2 Å². The Bertz CT molecular complexity index is 916. The number of ether oxygens (including phenoxy) is 1. The van der Waals surface area contributed by atoms with E-state index in [1.807, 2.05) is 0 Å². The summed E-state index contributed by atoms with van der Waals surface area (Å²) >= 11 is 0. The fourth-order valence-electron chi connectivity index (χ4n) is 3.20. The number of carbonyl (C=O) groups is 2. The molecule has 0 radical (unpaired) electrons. The minimum Gasteiger partial charge on any atom is -0.459 e. The Hall–Kier alpha value is -2.96. The molecule has 0 spiro atoms. The molecular formula is C21H25N3O4. The van der Waals surface area contributed by atoms with Gasteiger partial charge >= 0.3 is 5.97 Å². The second-order valence-corrected chi connectivity index (χ2v) is 7.25. The fourth-order valence-corrected chi connectivity index (χ4v) is 3.20. The molecular weight excluding hydrogens is 358 g/mol. The molecule has 1 aliphatic carbocycles. The smallest absolute Gasteiger partial charge is 0.338 e. The maximum Gasteiger partial charge on any atom is 0.338 e. The summed E-state index contributed by atoms with van der Waals surface area (Å²) in [7, 11) is 0. The maximum absolute atomic E-state index is 12.3. The molecule has 0 unspecified atom stereocenters. The van der Waals surface area contributed by atoms with Crippen LogP contribution >= 0.6 is 0 Å². The third kappa shape index (κ3) is 5.06. The Morgan fingerprint density at radius 1 is 1.14 bits per heavy atom. The van der Waals surface area contributed by atoms with Crippen molar-refractivity contribution in [1.82, 2.24) is 9.78 Å². The monoisotopic (exact) mass is 383 g/mol. The van der Waals surface area contributed by atoms with Crippen molar-refractivity contribution < 1.29 is 14.3 Å². The van der Waals surface area contributed by atoms with Crippen molar-refractivity contribution in [2.75, 3.05) is 5.32 Å². The van der Waals surface area contributed by atoms with Crippen LogP contribution in [0.5, 0.6) is 0 Å². The van der Waals surface area contributed by atoms with Gasteiger partial charge in [-0.1, -0.05) is 6.42 Å². The number of hydrogen-bond donors (Lipinski definition) is 1. The van der Waals surface area contributed by atoms with Crippen LogP contribution in [0.25, 0.3) is 0 Å². The summed E-state index contributed by atoms with van der Waals surface area (Å²) in [5.41, 5.74) is 2.60. The molecule has 1 amide bonds. The first-order chi connectivity index (χ1) is 13.4.